The van der Waals surface area contributed by atoms with Crippen molar-refractivity contribution in [2.24, 2.45) is 0 Å². The Labute approximate surface area is 144 Å². The first-order valence-electron chi connectivity index (χ1n) is 6.17. The van der Waals surface area contributed by atoms with E-state index in [9.17, 15) is 0 Å². The van der Waals surface area contributed by atoms with Gasteiger partial charge >= 0.3 is 0 Å². The first kappa shape index (κ1) is 18.6. The third-order valence-corrected chi connectivity index (χ3v) is 7.06. The van der Waals surface area contributed by atoms with E-state index in [1.165, 1.54) is 0 Å². The van der Waals surface area contributed by atoms with E-state index in [0.29, 0.717) is 22.2 Å². The van der Waals surface area contributed by atoms with Crippen LogP contribution in [0.2, 0.25) is 0 Å². The highest BCUT2D eigenvalue weighted by atomic mass is 32.2. The number of thioether (sulfide) groups is 3. The molecule has 1 unspecified atom stereocenters. The molecule has 1 aromatic rings. The highest BCUT2D eigenvalue weighted by Gasteiger charge is 2.08. The molecule has 1 heterocycles. The molecular weight excluding hydrogens is 348 g/mol. The number of nitrogen functional groups attached to an aromatic ring is 1. The topological polar surface area (TPSA) is 64.7 Å². The zero-order chi connectivity index (χ0) is 14.8. The summed E-state index contributed by atoms with van der Waals surface area (Å²) in [7, 11) is 0. The minimum atomic E-state index is 0.295. The Kier molecular flexibility index (Phi) is 10.4. The molecule has 0 spiro atoms. The van der Waals surface area contributed by atoms with Gasteiger partial charge in [0.15, 0.2) is 5.16 Å². The van der Waals surface area contributed by atoms with Gasteiger partial charge in [0, 0.05) is 34.0 Å². The third-order valence-electron chi connectivity index (χ3n) is 2.16. The summed E-state index contributed by atoms with van der Waals surface area (Å²) in [5.41, 5.74) is 5.60. The number of thiol groups is 2. The summed E-state index contributed by atoms with van der Waals surface area (Å²) in [6.07, 6.45) is 0. The molecule has 1 aromatic heterocycles. The van der Waals surface area contributed by atoms with Crippen LogP contribution in [-0.2, 0) is 0 Å². The summed E-state index contributed by atoms with van der Waals surface area (Å²) in [5.74, 6) is 7.07. The average Bonchev–Trinajstić information content (AvgIpc) is 2.40. The van der Waals surface area contributed by atoms with Crippen LogP contribution in [0, 0.1) is 6.92 Å². The van der Waals surface area contributed by atoms with Crippen LogP contribution >= 0.6 is 60.5 Å². The van der Waals surface area contributed by atoms with E-state index < -0.39 is 0 Å². The molecule has 0 aliphatic rings. The zero-order valence-corrected chi connectivity index (χ0v) is 15.6. The zero-order valence-electron chi connectivity index (χ0n) is 11.4. The van der Waals surface area contributed by atoms with Crippen molar-refractivity contribution in [3.05, 3.63) is 5.82 Å². The van der Waals surface area contributed by atoms with Gasteiger partial charge in [0.1, 0.15) is 5.82 Å². The van der Waals surface area contributed by atoms with E-state index in [-0.39, 0.29) is 0 Å². The van der Waals surface area contributed by atoms with Gasteiger partial charge < -0.3 is 5.73 Å². The molecule has 0 amide bonds. The van der Waals surface area contributed by atoms with Crippen LogP contribution < -0.4 is 5.73 Å². The number of aryl methyl sites for hydroxylation is 1. The maximum Gasteiger partial charge on any atom is 0.224 e. The summed E-state index contributed by atoms with van der Waals surface area (Å²) in [6, 6.07) is 0. The van der Waals surface area contributed by atoms with Crippen LogP contribution in [0.25, 0.3) is 0 Å². The Bertz CT molecular complexity index is 373. The first-order chi connectivity index (χ1) is 9.65. The predicted molar refractivity (Wildman–Crippen MR) is 101 cm³/mol. The van der Waals surface area contributed by atoms with Gasteiger partial charge in [-0.05, 0) is 12.7 Å². The molecule has 2 N–H and O–H groups in total. The Morgan fingerprint density at radius 2 is 1.95 bits per heavy atom. The van der Waals surface area contributed by atoms with Crippen LogP contribution in [0.15, 0.2) is 5.16 Å². The third kappa shape index (κ3) is 8.11. The fraction of sp³-hybridized carbons (Fsp3) is 0.727. The number of hydrogen-bond acceptors (Lipinski definition) is 9. The number of nitrogens with two attached hydrogens (primary N) is 1. The van der Waals surface area contributed by atoms with Crippen molar-refractivity contribution < 1.29 is 0 Å². The second-order valence-corrected chi connectivity index (χ2v) is 8.28. The fourth-order valence-electron chi connectivity index (χ4n) is 1.32. The summed E-state index contributed by atoms with van der Waals surface area (Å²) in [5, 5.41) is 1.30. The number of anilines is 1. The first-order valence-corrected chi connectivity index (χ1v) is 10.6. The molecule has 9 heteroatoms. The van der Waals surface area contributed by atoms with E-state index >= 15 is 0 Å². The Morgan fingerprint density at radius 3 is 2.60 bits per heavy atom. The second kappa shape index (κ2) is 11.2. The van der Waals surface area contributed by atoms with E-state index in [0.717, 1.165) is 34.5 Å². The summed E-state index contributed by atoms with van der Waals surface area (Å²) in [4.78, 5) is 12.3. The number of aromatic nitrogens is 3. The smallest absolute Gasteiger partial charge is 0.224 e. The minimum Gasteiger partial charge on any atom is -0.368 e. The van der Waals surface area contributed by atoms with Gasteiger partial charge in [0.2, 0.25) is 5.95 Å². The average molecular weight is 369 g/mol. The number of rotatable bonds is 10. The van der Waals surface area contributed by atoms with Gasteiger partial charge in [-0.15, -0.1) is 0 Å². The lowest BCUT2D eigenvalue weighted by Crippen LogP contribution is -2.10. The molecule has 0 aliphatic heterocycles. The number of hydrogen-bond donors (Lipinski definition) is 3. The van der Waals surface area contributed by atoms with E-state index in [2.05, 4.69) is 40.2 Å². The molecule has 0 aliphatic carbocycles. The summed E-state index contributed by atoms with van der Waals surface area (Å²) >= 11 is 14.1. The molecule has 20 heavy (non-hydrogen) atoms. The normalized spacial score (nSPS) is 12.6. The largest absolute Gasteiger partial charge is 0.368 e. The summed E-state index contributed by atoms with van der Waals surface area (Å²) in [6.45, 7) is 1.83. The van der Waals surface area contributed by atoms with E-state index in [1.807, 2.05) is 30.4 Å². The maximum atomic E-state index is 5.60. The quantitative estimate of drug-likeness (QED) is 0.333. The van der Waals surface area contributed by atoms with Crippen molar-refractivity contribution >= 4 is 66.5 Å². The maximum absolute atomic E-state index is 5.60. The molecule has 1 atom stereocenters. The number of nitrogens with zero attached hydrogens (tertiary/aromatic N) is 3. The van der Waals surface area contributed by atoms with Crippen LogP contribution in [0.1, 0.15) is 5.82 Å². The Hall–Kier alpha value is 0.560. The van der Waals surface area contributed by atoms with Crippen molar-refractivity contribution in [3.63, 3.8) is 0 Å². The van der Waals surface area contributed by atoms with E-state index in [1.54, 1.807) is 11.8 Å². The van der Waals surface area contributed by atoms with Crippen LogP contribution in [0.5, 0.6) is 0 Å². The molecule has 4 nitrogen and oxygen atoms in total. The fourth-order valence-corrected chi connectivity index (χ4v) is 5.37. The van der Waals surface area contributed by atoms with Gasteiger partial charge in [0.05, 0.1) is 0 Å². The second-order valence-electron chi connectivity index (χ2n) is 3.85. The monoisotopic (exact) mass is 368 g/mol. The molecule has 0 saturated heterocycles. The highest BCUT2D eigenvalue weighted by molar-refractivity contribution is 8.05. The highest BCUT2D eigenvalue weighted by Crippen LogP contribution is 2.21. The van der Waals surface area contributed by atoms with E-state index in [4.69, 9.17) is 5.73 Å². The van der Waals surface area contributed by atoms with Crippen molar-refractivity contribution in [2.75, 3.05) is 40.3 Å². The lowest BCUT2D eigenvalue weighted by Gasteiger charge is -2.13. The minimum absolute atomic E-state index is 0.295. The van der Waals surface area contributed by atoms with Crippen molar-refractivity contribution in [3.8, 4) is 0 Å². The Morgan fingerprint density at radius 1 is 1.15 bits per heavy atom. The van der Waals surface area contributed by atoms with Gasteiger partial charge in [-0.1, -0.05) is 11.8 Å². The van der Waals surface area contributed by atoms with Crippen molar-refractivity contribution in [1.29, 1.82) is 0 Å². The van der Waals surface area contributed by atoms with Gasteiger partial charge in [-0.25, -0.2) is 4.98 Å². The van der Waals surface area contributed by atoms with Crippen molar-refractivity contribution in [2.45, 2.75) is 17.3 Å². The standard InChI is InChI=1S/C11H20N4S5/c1-8-13-10(12)15-11(14-8)20-5-4-19-9(6-17)7-18-3-2-16/h9,16-17H,2-7H2,1H3,(H2,12,13,14,15). The van der Waals surface area contributed by atoms with Gasteiger partial charge in [-0.2, -0.15) is 58.7 Å². The molecule has 0 bridgehead atoms. The molecule has 0 radical (unpaired) electrons. The predicted octanol–water partition coefficient (Wildman–Crippen LogP) is 2.55. The van der Waals surface area contributed by atoms with Crippen LogP contribution in [0.4, 0.5) is 5.95 Å². The van der Waals surface area contributed by atoms with Gasteiger partial charge in [0.25, 0.3) is 0 Å². The van der Waals surface area contributed by atoms with Crippen LogP contribution in [0.3, 0.4) is 0 Å². The Balaban J connectivity index is 2.22. The SMILES string of the molecule is Cc1nc(N)nc(SCCSC(CS)CSCCS)n1. The van der Waals surface area contributed by atoms with Gasteiger partial charge in [-0.3, -0.25) is 0 Å². The summed E-state index contributed by atoms with van der Waals surface area (Å²) < 4.78 is 0. The molecule has 1 rings (SSSR count). The molecule has 0 saturated carbocycles. The molecule has 0 aromatic carbocycles. The lowest BCUT2D eigenvalue weighted by atomic mass is 10.5. The molecule has 114 valence electrons. The molecular formula is C11H20N4S5. The van der Waals surface area contributed by atoms with Crippen LogP contribution in [-0.4, -0.2) is 54.7 Å². The lowest BCUT2D eigenvalue weighted by molar-refractivity contribution is 0.871. The molecule has 0 fully saturated rings. The van der Waals surface area contributed by atoms with Crippen molar-refractivity contribution in [1.82, 2.24) is 15.0 Å².